The Morgan fingerprint density at radius 2 is 2.64 bits per heavy atom. The first-order valence-electron chi connectivity index (χ1n) is 3.51. The molecule has 2 N–H and O–H groups in total. The van der Waals surface area contributed by atoms with E-state index in [0.29, 0.717) is 0 Å². The number of rotatable bonds is 3. The minimum absolute atomic E-state index is 0.0422. The highest BCUT2D eigenvalue weighted by atomic mass is 32.1. The molecule has 2 nitrogen and oxygen atoms in total. The highest BCUT2D eigenvalue weighted by Crippen LogP contribution is 2.10. The van der Waals surface area contributed by atoms with Gasteiger partial charge in [0.2, 0.25) is 0 Å². The molecule has 1 aromatic rings. The van der Waals surface area contributed by atoms with Crippen molar-refractivity contribution < 1.29 is 0 Å². The largest absolute Gasteiger partial charge is 0.324 e. The number of hydrogen-bond donors (Lipinski definition) is 1. The molecule has 1 rings (SSSR count). The fraction of sp³-hybridized carbons (Fsp3) is 0.375. The SMILES string of the molecule is C=CC(N)Cc1nc(C)cs1. The molecule has 1 unspecified atom stereocenters. The lowest BCUT2D eigenvalue weighted by Gasteiger charge is -2.00. The summed E-state index contributed by atoms with van der Waals surface area (Å²) in [6, 6.07) is 0.0422. The molecule has 0 aliphatic rings. The smallest absolute Gasteiger partial charge is 0.0946 e. The van der Waals surface area contributed by atoms with E-state index in [4.69, 9.17) is 5.73 Å². The molecule has 0 spiro atoms. The Hall–Kier alpha value is -0.670. The third kappa shape index (κ3) is 2.44. The molecule has 1 aromatic heterocycles. The lowest BCUT2D eigenvalue weighted by atomic mass is 10.2. The van der Waals surface area contributed by atoms with Gasteiger partial charge in [0.15, 0.2) is 0 Å². The van der Waals surface area contributed by atoms with Gasteiger partial charge in [-0.15, -0.1) is 17.9 Å². The van der Waals surface area contributed by atoms with Crippen LogP contribution in [0.4, 0.5) is 0 Å². The molecule has 0 aliphatic heterocycles. The van der Waals surface area contributed by atoms with Gasteiger partial charge in [-0.05, 0) is 6.92 Å². The summed E-state index contributed by atoms with van der Waals surface area (Å²) in [6.07, 6.45) is 2.55. The van der Waals surface area contributed by atoms with Gasteiger partial charge in [-0.3, -0.25) is 0 Å². The van der Waals surface area contributed by atoms with Crippen LogP contribution in [0, 0.1) is 6.92 Å². The molecule has 0 radical (unpaired) electrons. The predicted molar refractivity (Wildman–Crippen MR) is 48.7 cm³/mol. The third-order valence-corrected chi connectivity index (χ3v) is 2.37. The molecule has 11 heavy (non-hydrogen) atoms. The van der Waals surface area contributed by atoms with Crippen LogP contribution in [0.15, 0.2) is 18.0 Å². The van der Waals surface area contributed by atoms with E-state index in [2.05, 4.69) is 11.6 Å². The molecular formula is C8H12N2S. The number of hydrogen-bond acceptors (Lipinski definition) is 3. The van der Waals surface area contributed by atoms with Gasteiger partial charge in [-0.25, -0.2) is 4.98 Å². The van der Waals surface area contributed by atoms with Crippen molar-refractivity contribution in [1.29, 1.82) is 0 Å². The van der Waals surface area contributed by atoms with Crippen LogP contribution in [0.25, 0.3) is 0 Å². The molecular weight excluding hydrogens is 156 g/mol. The quantitative estimate of drug-likeness (QED) is 0.695. The van der Waals surface area contributed by atoms with Crippen LogP contribution in [0.3, 0.4) is 0 Å². The van der Waals surface area contributed by atoms with Crippen molar-refractivity contribution in [1.82, 2.24) is 4.98 Å². The van der Waals surface area contributed by atoms with Crippen molar-refractivity contribution in [2.45, 2.75) is 19.4 Å². The Morgan fingerprint density at radius 3 is 3.09 bits per heavy atom. The summed E-state index contributed by atoms with van der Waals surface area (Å²) in [5, 5.41) is 3.13. The van der Waals surface area contributed by atoms with Gasteiger partial charge in [0.1, 0.15) is 0 Å². The molecule has 0 fully saturated rings. The van der Waals surface area contributed by atoms with Gasteiger partial charge >= 0.3 is 0 Å². The van der Waals surface area contributed by atoms with Gasteiger partial charge < -0.3 is 5.73 Å². The fourth-order valence-corrected chi connectivity index (χ4v) is 1.63. The Bertz CT molecular complexity index is 242. The van der Waals surface area contributed by atoms with Crippen molar-refractivity contribution in [3.63, 3.8) is 0 Å². The molecule has 0 aliphatic carbocycles. The summed E-state index contributed by atoms with van der Waals surface area (Å²) in [5.41, 5.74) is 6.73. The van der Waals surface area contributed by atoms with Crippen LogP contribution in [0.2, 0.25) is 0 Å². The average molecular weight is 168 g/mol. The molecule has 0 saturated carbocycles. The van der Waals surface area contributed by atoms with Crippen LogP contribution >= 0.6 is 11.3 Å². The summed E-state index contributed by atoms with van der Waals surface area (Å²) in [7, 11) is 0. The zero-order valence-electron chi connectivity index (χ0n) is 6.58. The number of aromatic nitrogens is 1. The third-order valence-electron chi connectivity index (χ3n) is 1.38. The first-order valence-corrected chi connectivity index (χ1v) is 4.39. The van der Waals surface area contributed by atoms with Gasteiger partial charge in [0.05, 0.1) is 5.01 Å². The molecule has 0 aromatic carbocycles. The second kappa shape index (κ2) is 3.64. The molecule has 1 atom stereocenters. The Kier molecular flexibility index (Phi) is 2.79. The van der Waals surface area contributed by atoms with E-state index in [0.717, 1.165) is 17.1 Å². The molecule has 0 amide bonds. The van der Waals surface area contributed by atoms with E-state index >= 15 is 0 Å². The van der Waals surface area contributed by atoms with Gasteiger partial charge in [0, 0.05) is 23.5 Å². The van der Waals surface area contributed by atoms with E-state index in [1.54, 1.807) is 17.4 Å². The normalized spacial score (nSPS) is 12.9. The van der Waals surface area contributed by atoms with E-state index in [-0.39, 0.29) is 6.04 Å². The van der Waals surface area contributed by atoms with Crippen LogP contribution in [0.1, 0.15) is 10.7 Å². The van der Waals surface area contributed by atoms with Crippen molar-refractivity contribution in [3.8, 4) is 0 Å². The van der Waals surface area contributed by atoms with Crippen molar-refractivity contribution in [3.05, 3.63) is 28.7 Å². The second-order valence-electron chi connectivity index (χ2n) is 2.49. The summed E-state index contributed by atoms with van der Waals surface area (Å²) >= 11 is 1.65. The minimum atomic E-state index is 0.0422. The number of nitrogens with zero attached hydrogens (tertiary/aromatic N) is 1. The van der Waals surface area contributed by atoms with E-state index in [1.165, 1.54) is 0 Å². The van der Waals surface area contributed by atoms with Gasteiger partial charge in [-0.2, -0.15) is 0 Å². The second-order valence-corrected chi connectivity index (χ2v) is 3.43. The van der Waals surface area contributed by atoms with Crippen LogP contribution in [-0.2, 0) is 6.42 Å². The fourth-order valence-electron chi connectivity index (χ4n) is 0.781. The van der Waals surface area contributed by atoms with Crippen LogP contribution in [-0.4, -0.2) is 11.0 Å². The van der Waals surface area contributed by atoms with Crippen molar-refractivity contribution >= 4 is 11.3 Å². The van der Waals surface area contributed by atoms with Gasteiger partial charge in [-0.1, -0.05) is 6.08 Å². The molecule has 3 heteroatoms. The highest BCUT2D eigenvalue weighted by molar-refractivity contribution is 7.09. The first kappa shape index (κ1) is 8.43. The maximum absolute atomic E-state index is 5.66. The Balaban J connectivity index is 2.57. The lowest BCUT2D eigenvalue weighted by molar-refractivity contribution is 0.803. The van der Waals surface area contributed by atoms with E-state index < -0.39 is 0 Å². The number of aryl methyl sites for hydroxylation is 1. The summed E-state index contributed by atoms with van der Waals surface area (Å²) in [5.74, 6) is 0. The standard InChI is InChI=1S/C8H12N2S/c1-3-7(9)4-8-10-6(2)5-11-8/h3,5,7H,1,4,9H2,2H3. The highest BCUT2D eigenvalue weighted by Gasteiger charge is 2.02. The first-order chi connectivity index (χ1) is 5.22. The van der Waals surface area contributed by atoms with Crippen molar-refractivity contribution in [2.75, 3.05) is 0 Å². The maximum atomic E-state index is 5.66. The molecule has 1 heterocycles. The predicted octanol–water partition coefficient (Wildman–Crippen LogP) is 1.51. The summed E-state index contributed by atoms with van der Waals surface area (Å²) < 4.78 is 0. The van der Waals surface area contributed by atoms with Gasteiger partial charge in [0.25, 0.3) is 0 Å². The zero-order valence-corrected chi connectivity index (χ0v) is 7.40. The van der Waals surface area contributed by atoms with Crippen molar-refractivity contribution in [2.24, 2.45) is 5.73 Å². The monoisotopic (exact) mass is 168 g/mol. The average Bonchev–Trinajstić information content (AvgIpc) is 2.35. The Labute approximate surface area is 70.8 Å². The molecule has 0 saturated heterocycles. The maximum Gasteiger partial charge on any atom is 0.0946 e. The zero-order chi connectivity index (χ0) is 8.27. The summed E-state index contributed by atoms with van der Waals surface area (Å²) in [6.45, 7) is 5.60. The van der Waals surface area contributed by atoms with Crippen LogP contribution < -0.4 is 5.73 Å². The molecule has 0 bridgehead atoms. The lowest BCUT2D eigenvalue weighted by Crippen LogP contribution is -2.19. The number of thiazole rings is 1. The molecule has 60 valence electrons. The Morgan fingerprint density at radius 1 is 1.91 bits per heavy atom. The van der Waals surface area contributed by atoms with Crippen LogP contribution in [0.5, 0.6) is 0 Å². The minimum Gasteiger partial charge on any atom is -0.324 e. The van der Waals surface area contributed by atoms with E-state index in [9.17, 15) is 0 Å². The summed E-state index contributed by atoms with van der Waals surface area (Å²) in [4.78, 5) is 4.29. The number of nitrogens with two attached hydrogens (primary N) is 1. The van der Waals surface area contributed by atoms with E-state index in [1.807, 2.05) is 12.3 Å². The topological polar surface area (TPSA) is 38.9 Å².